The zero-order valence-electron chi connectivity index (χ0n) is 8.13. The van der Waals surface area contributed by atoms with Gasteiger partial charge in [0, 0.05) is 12.6 Å². The van der Waals surface area contributed by atoms with Crippen LogP contribution in [0.4, 0.5) is 4.39 Å². The summed E-state index contributed by atoms with van der Waals surface area (Å²) >= 11 is 0. The van der Waals surface area contributed by atoms with Gasteiger partial charge in [0.25, 0.3) is 0 Å². The highest BCUT2D eigenvalue weighted by Gasteiger charge is 2.36. The summed E-state index contributed by atoms with van der Waals surface area (Å²) in [5.41, 5.74) is -0.0385. The number of nitrogens with one attached hydrogen (secondary N) is 1. The van der Waals surface area contributed by atoms with Crippen LogP contribution in [0.5, 0.6) is 0 Å². The Morgan fingerprint density at radius 2 is 2.07 bits per heavy atom. The minimum Gasteiger partial charge on any atom is -0.384 e. The van der Waals surface area contributed by atoms with Gasteiger partial charge >= 0.3 is 0 Å². The molecule has 1 aliphatic heterocycles. The molecular weight excluding hydrogens is 181 g/mol. The average molecular weight is 195 g/mol. The molecule has 0 radical (unpaired) electrons. The van der Waals surface area contributed by atoms with Crippen LogP contribution in [0.2, 0.25) is 0 Å². The van der Waals surface area contributed by atoms with Crippen molar-refractivity contribution in [1.82, 2.24) is 5.32 Å². The van der Waals surface area contributed by atoms with Gasteiger partial charge in [-0.15, -0.1) is 0 Å². The van der Waals surface area contributed by atoms with Crippen LogP contribution in [-0.2, 0) is 5.60 Å². The molecule has 2 rings (SSSR count). The molecule has 0 aliphatic carbocycles. The first-order valence-corrected chi connectivity index (χ1v) is 4.82. The maximum atomic E-state index is 12.7. The second-order valence-corrected chi connectivity index (χ2v) is 4.02. The number of rotatable bonds is 1. The third-order valence-electron chi connectivity index (χ3n) is 2.77. The van der Waals surface area contributed by atoms with E-state index >= 15 is 0 Å². The molecule has 1 aromatic rings. The van der Waals surface area contributed by atoms with E-state index in [1.54, 1.807) is 12.1 Å². The Kier molecular flexibility index (Phi) is 2.29. The van der Waals surface area contributed by atoms with Gasteiger partial charge in [-0.1, -0.05) is 12.1 Å². The highest BCUT2D eigenvalue weighted by molar-refractivity contribution is 5.25. The molecule has 1 aromatic carbocycles. The van der Waals surface area contributed by atoms with E-state index in [0.717, 1.165) is 5.56 Å². The Bertz CT molecular complexity index is 325. The normalized spacial score (nSPS) is 32.1. The lowest BCUT2D eigenvalue weighted by molar-refractivity contribution is 0.0564. The molecule has 2 nitrogen and oxygen atoms in total. The average Bonchev–Trinajstić information content (AvgIpc) is 2.48. The van der Waals surface area contributed by atoms with Crippen molar-refractivity contribution in [3.05, 3.63) is 35.6 Å². The fourth-order valence-corrected chi connectivity index (χ4v) is 1.97. The first-order chi connectivity index (χ1) is 6.60. The lowest BCUT2D eigenvalue weighted by Gasteiger charge is -2.21. The van der Waals surface area contributed by atoms with Gasteiger partial charge in [0.15, 0.2) is 0 Å². The van der Waals surface area contributed by atoms with Crippen molar-refractivity contribution in [2.45, 2.75) is 25.0 Å². The third kappa shape index (κ3) is 1.65. The van der Waals surface area contributed by atoms with Crippen molar-refractivity contribution < 1.29 is 9.50 Å². The molecule has 0 aromatic heterocycles. The maximum Gasteiger partial charge on any atom is 0.123 e. The van der Waals surface area contributed by atoms with E-state index in [9.17, 15) is 9.50 Å². The fourth-order valence-electron chi connectivity index (χ4n) is 1.97. The van der Waals surface area contributed by atoms with Crippen LogP contribution in [0, 0.1) is 5.82 Å². The highest BCUT2D eigenvalue weighted by atomic mass is 19.1. The van der Waals surface area contributed by atoms with E-state index in [4.69, 9.17) is 0 Å². The minimum absolute atomic E-state index is 0.267. The molecule has 2 atom stereocenters. The van der Waals surface area contributed by atoms with Crippen LogP contribution in [0.25, 0.3) is 0 Å². The summed E-state index contributed by atoms with van der Waals surface area (Å²) in [6.45, 7) is 2.57. The van der Waals surface area contributed by atoms with Crippen molar-refractivity contribution in [3.8, 4) is 0 Å². The van der Waals surface area contributed by atoms with Crippen LogP contribution < -0.4 is 5.32 Å². The maximum absolute atomic E-state index is 12.7. The van der Waals surface area contributed by atoms with Gasteiger partial charge in [0.05, 0.1) is 0 Å². The van der Waals surface area contributed by atoms with E-state index in [2.05, 4.69) is 5.32 Å². The van der Waals surface area contributed by atoms with E-state index < -0.39 is 5.60 Å². The van der Waals surface area contributed by atoms with Crippen LogP contribution in [0.15, 0.2) is 24.3 Å². The van der Waals surface area contributed by atoms with Gasteiger partial charge in [-0.3, -0.25) is 0 Å². The monoisotopic (exact) mass is 195 g/mol. The largest absolute Gasteiger partial charge is 0.384 e. The summed E-state index contributed by atoms with van der Waals surface area (Å²) in [5, 5.41) is 13.4. The van der Waals surface area contributed by atoms with Crippen LogP contribution in [0.3, 0.4) is 0 Å². The molecule has 1 fully saturated rings. The zero-order valence-corrected chi connectivity index (χ0v) is 8.13. The van der Waals surface area contributed by atoms with Gasteiger partial charge in [-0.05, 0) is 31.0 Å². The molecule has 0 bridgehead atoms. The van der Waals surface area contributed by atoms with Gasteiger partial charge in [-0.25, -0.2) is 4.39 Å². The molecule has 14 heavy (non-hydrogen) atoms. The molecule has 1 saturated heterocycles. The second kappa shape index (κ2) is 3.33. The number of benzene rings is 1. The van der Waals surface area contributed by atoms with Crippen LogP contribution >= 0.6 is 0 Å². The standard InChI is InChI=1S/C11H14FNO/c1-8-6-11(14,7-13-8)9-2-4-10(12)5-3-9/h2-5,8,13-14H,6-7H2,1H3. The smallest absolute Gasteiger partial charge is 0.123 e. The van der Waals surface area contributed by atoms with Crippen molar-refractivity contribution in [2.75, 3.05) is 6.54 Å². The Morgan fingerprint density at radius 3 is 2.57 bits per heavy atom. The molecule has 3 heteroatoms. The second-order valence-electron chi connectivity index (χ2n) is 4.02. The van der Waals surface area contributed by atoms with Crippen LogP contribution in [-0.4, -0.2) is 17.7 Å². The molecule has 0 spiro atoms. The summed E-state index contributed by atoms with van der Waals surface area (Å²) in [5.74, 6) is -0.267. The third-order valence-corrected chi connectivity index (χ3v) is 2.77. The zero-order chi connectivity index (χ0) is 10.2. The van der Waals surface area contributed by atoms with Gasteiger partial charge < -0.3 is 10.4 Å². The molecule has 2 unspecified atom stereocenters. The Labute approximate surface area is 82.8 Å². The van der Waals surface area contributed by atoms with E-state index in [1.165, 1.54) is 12.1 Å². The molecule has 2 N–H and O–H groups in total. The number of β-amino-alcohol motifs (C(OH)–C–C–N with tert-alkyl or cyclic N) is 1. The number of halogens is 1. The summed E-state index contributed by atoms with van der Waals surface area (Å²) < 4.78 is 12.7. The van der Waals surface area contributed by atoms with Gasteiger partial charge in [0.2, 0.25) is 0 Å². The van der Waals surface area contributed by atoms with Crippen molar-refractivity contribution >= 4 is 0 Å². The van der Waals surface area contributed by atoms with Crippen molar-refractivity contribution in [3.63, 3.8) is 0 Å². The first-order valence-electron chi connectivity index (χ1n) is 4.82. The SMILES string of the molecule is CC1CC(O)(c2ccc(F)cc2)CN1. The molecule has 76 valence electrons. The molecule has 1 aliphatic rings. The first kappa shape index (κ1) is 9.62. The minimum atomic E-state index is -0.826. The van der Waals surface area contributed by atoms with Gasteiger partial charge in [0.1, 0.15) is 11.4 Å². The summed E-state index contributed by atoms with van der Waals surface area (Å²) in [4.78, 5) is 0. The lowest BCUT2D eigenvalue weighted by Crippen LogP contribution is -2.28. The van der Waals surface area contributed by atoms with E-state index in [0.29, 0.717) is 19.0 Å². The summed E-state index contributed by atoms with van der Waals surface area (Å²) in [7, 11) is 0. The number of aliphatic hydroxyl groups is 1. The van der Waals surface area contributed by atoms with E-state index in [-0.39, 0.29) is 5.82 Å². The van der Waals surface area contributed by atoms with E-state index in [1.807, 2.05) is 6.92 Å². The quantitative estimate of drug-likeness (QED) is 0.710. The van der Waals surface area contributed by atoms with Crippen molar-refractivity contribution in [2.24, 2.45) is 0 Å². The number of hydrogen-bond acceptors (Lipinski definition) is 2. The highest BCUT2D eigenvalue weighted by Crippen LogP contribution is 2.30. The Hall–Kier alpha value is -0.930. The Balaban J connectivity index is 2.26. The predicted molar refractivity (Wildman–Crippen MR) is 52.4 cm³/mol. The summed E-state index contributed by atoms with van der Waals surface area (Å²) in [6.07, 6.45) is 0.679. The molecular formula is C11H14FNO. The summed E-state index contributed by atoms with van der Waals surface area (Å²) in [6, 6.07) is 6.38. The Morgan fingerprint density at radius 1 is 1.43 bits per heavy atom. The van der Waals surface area contributed by atoms with Crippen molar-refractivity contribution in [1.29, 1.82) is 0 Å². The van der Waals surface area contributed by atoms with Gasteiger partial charge in [-0.2, -0.15) is 0 Å². The molecule has 1 heterocycles. The molecule has 0 amide bonds. The lowest BCUT2D eigenvalue weighted by atomic mass is 9.91. The topological polar surface area (TPSA) is 32.3 Å². The fraction of sp³-hybridized carbons (Fsp3) is 0.455. The van der Waals surface area contributed by atoms with Crippen LogP contribution in [0.1, 0.15) is 18.9 Å². The number of hydrogen-bond donors (Lipinski definition) is 2. The molecule has 0 saturated carbocycles. The predicted octanol–water partition coefficient (Wildman–Crippen LogP) is 1.40.